The Morgan fingerprint density at radius 1 is 1.06 bits per heavy atom. The fourth-order valence-electron chi connectivity index (χ4n) is 4.27. The van der Waals surface area contributed by atoms with E-state index in [1.165, 1.54) is 0 Å². The van der Waals surface area contributed by atoms with Gasteiger partial charge in [-0.1, -0.05) is 42.5 Å². The van der Waals surface area contributed by atoms with Crippen molar-refractivity contribution < 1.29 is 14.2 Å². The minimum Gasteiger partial charge on any atom is -0.497 e. The van der Waals surface area contributed by atoms with Crippen molar-refractivity contribution in [2.45, 2.75) is 5.92 Å². The highest BCUT2D eigenvalue weighted by atomic mass is 16.5. The third-order valence-electron chi connectivity index (χ3n) is 5.75. The summed E-state index contributed by atoms with van der Waals surface area (Å²) in [6.45, 7) is 0. The maximum atomic E-state index is 10.0. The van der Waals surface area contributed by atoms with Gasteiger partial charge in [-0.15, -0.1) is 5.10 Å². The highest BCUT2D eigenvalue weighted by Gasteiger charge is 2.37. The summed E-state index contributed by atoms with van der Waals surface area (Å²) in [5.74, 6) is 1.21. The number of fused-ring (bicyclic) bond motifs is 2. The largest absolute Gasteiger partial charge is 0.497 e. The van der Waals surface area contributed by atoms with Gasteiger partial charge in [0.1, 0.15) is 23.1 Å². The Morgan fingerprint density at radius 3 is 2.66 bits per heavy atom. The molecule has 0 amide bonds. The molecule has 7 nitrogen and oxygen atoms in total. The Kier molecular flexibility index (Phi) is 4.68. The molecule has 0 spiro atoms. The van der Waals surface area contributed by atoms with E-state index in [4.69, 9.17) is 19.9 Å². The summed E-state index contributed by atoms with van der Waals surface area (Å²) in [7, 11) is 3.21. The monoisotopic (exact) mass is 424 g/mol. The number of nitrogens with two attached hydrogens (primary N) is 1. The van der Waals surface area contributed by atoms with Crippen LogP contribution in [0.5, 0.6) is 17.4 Å². The maximum Gasteiger partial charge on any atom is 0.244 e. The molecule has 0 saturated carbocycles. The summed E-state index contributed by atoms with van der Waals surface area (Å²) in [4.78, 5) is 0. The predicted octanol–water partition coefficient (Wildman–Crippen LogP) is 4.47. The van der Waals surface area contributed by atoms with Gasteiger partial charge in [0.05, 0.1) is 31.4 Å². The normalized spacial score (nSPS) is 15.1. The van der Waals surface area contributed by atoms with E-state index >= 15 is 0 Å². The van der Waals surface area contributed by atoms with E-state index in [1.807, 2.05) is 60.7 Å². The van der Waals surface area contributed by atoms with Gasteiger partial charge in [0.2, 0.25) is 11.8 Å². The molecule has 1 aromatic heterocycles. The van der Waals surface area contributed by atoms with E-state index in [9.17, 15) is 5.26 Å². The van der Waals surface area contributed by atoms with Gasteiger partial charge in [-0.3, -0.25) is 5.10 Å². The topological polar surface area (TPSA) is 106 Å². The zero-order chi connectivity index (χ0) is 22.2. The van der Waals surface area contributed by atoms with Crippen LogP contribution in [0.3, 0.4) is 0 Å². The van der Waals surface area contributed by atoms with Gasteiger partial charge in [-0.2, -0.15) is 5.26 Å². The van der Waals surface area contributed by atoms with Crippen LogP contribution in [-0.4, -0.2) is 24.4 Å². The molecule has 0 unspecified atom stereocenters. The number of nitrogens with zero attached hydrogens (tertiary/aromatic N) is 2. The number of nitrogens with one attached hydrogen (secondary N) is 1. The lowest BCUT2D eigenvalue weighted by atomic mass is 9.81. The average Bonchev–Trinajstić information content (AvgIpc) is 3.25. The second-order valence-electron chi connectivity index (χ2n) is 7.38. The molecule has 3 N–H and O–H groups in total. The van der Waals surface area contributed by atoms with Crippen LogP contribution in [-0.2, 0) is 0 Å². The molecule has 0 saturated heterocycles. The van der Waals surface area contributed by atoms with Crippen molar-refractivity contribution in [3.63, 3.8) is 0 Å². The molecular formula is C25H20N4O3. The van der Waals surface area contributed by atoms with Crippen LogP contribution in [0, 0.1) is 11.3 Å². The molecule has 3 aromatic carbocycles. The van der Waals surface area contributed by atoms with Crippen molar-refractivity contribution in [1.82, 2.24) is 10.2 Å². The molecule has 1 atom stereocenters. The molecule has 4 aromatic rings. The molecule has 32 heavy (non-hydrogen) atoms. The van der Waals surface area contributed by atoms with Gasteiger partial charge in [0.25, 0.3) is 0 Å². The van der Waals surface area contributed by atoms with Crippen molar-refractivity contribution in [2.75, 3.05) is 14.2 Å². The molecule has 1 aliphatic heterocycles. The van der Waals surface area contributed by atoms with Gasteiger partial charge in [0.15, 0.2) is 0 Å². The van der Waals surface area contributed by atoms with Crippen LogP contribution in [0.1, 0.15) is 17.0 Å². The van der Waals surface area contributed by atoms with Crippen LogP contribution < -0.4 is 19.9 Å². The molecule has 2 heterocycles. The predicted molar refractivity (Wildman–Crippen MR) is 120 cm³/mol. The van der Waals surface area contributed by atoms with Gasteiger partial charge in [-0.25, -0.2) is 0 Å². The minimum atomic E-state index is -0.473. The van der Waals surface area contributed by atoms with Gasteiger partial charge in [-0.05, 0) is 34.5 Å². The molecular weight excluding hydrogens is 404 g/mol. The molecule has 1 aliphatic rings. The summed E-state index contributed by atoms with van der Waals surface area (Å²) >= 11 is 0. The maximum absolute atomic E-state index is 10.0. The fourth-order valence-corrected chi connectivity index (χ4v) is 4.27. The van der Waals surface area contributed by atoms with Crippen LogP contribution in [0.15, 0.2) is 72.1 Å². The first-order valence-corrected chi connectivity index (χ1v) is 10.0. The van der Waals surface area contributed by atoms with Crippen LogP contribution in [0.2, 0.25) is 0 Å². The third kappa shape index (κ3) is 2.93. The molecule has 7 heteroatoms. The van der Waals surface area contributed by atoms with E-state index in [-0.39, 0.29) is 5.88 Å². The Bertz CT molecular complexity index is 1410. The highest BCUT2D eigenvalue weighted by molar-refractivity contribution is 5.88. The number of hydrogen-bond acceptors (Lipinski definition) is 6. The standard InChI is InChI=1S/C25H20N4O3/c1-30-15-10-11-20(31-2)18(12-15)23-22-21(19(13-26)24(27)32-25(22)29-28-23)17-9-5-7-14-6-3-4-8-16(14)17/h3-12,21H,27H2,1-2H3,(H,28,29)/t21-/m1/s1. The van der Waals surface area contributed by atoms with E-state index in [0.717, 1.165) is 27.5 Å². The van der Waals surface area contributed by atoms with Crippen molar-refractivity contribution in [3.05, 3.63) is 83.2 Å². The van der Waals surface area contributed by atoms with E-state index in [1.54, 1.807) is 14.2 Å². The number of ether oxygens (including phenoxy) is 3. The number of aromatic amines is 1. The van der Waals surface area contributed by atoms with Crippen molar-refractivity contribution >= 4 is 10.8 Å². The van der Waals surface area contributed by atoms with Crippen molar-refractivity contribution in [3.8, 4) is 34.7 Å². The van der Waals surface area contributed by atoms with Crippen LogP contribution in [0.4, 0.5) is 0 Å². The summed E-state index contributed by atoms with van der Waals surface area (Å²) in [6.07, 6.45) is 0. The second-order valence-corrected chi connectivity index (χ2v) is 7.38. The zero-order valence-electron chi connectivity index (χ0n) is 17.5. The van der Waals surface area contributed by atoms with E-state index in [2.05, 4.69) is 16.3 Å². The first-order valence-electron chi connectivity index (χ1n) is 10.0. The Hall–Kier alpha value is -4.44. The number of nitriles is 1. The van der Waals surface area contributed by atoms with Gasteiger partial charge < -0.3 is 19.9 Å². The number of benzene rings is 3. The summed E-state index contributed by atoms with van der Waals surface area (Å²) in [6, 6.07) is 21.8. The zero-order valence-corrected chi connectivity index (χ0v) is 17.5. The van der Waals surface area contributed by atoms with Crippen LogP contribution in [0.25, 0.3) is 22.0 Å². The van der Waals surface area contributed by atoms with E-state index < -0.39 is 5.92 Å². The number of rotatable bonds is 4. The summed E-state index contributed by atoms with van der Waals surface area (Å²) in [5, 5.41) is 19.6. The molecule has 0 radical (unpaired) electrons. The first-order chi connectivity index (χ1) is 15.7. The van der Waals surface area contributed by atoms with Gasteiger partial charge in [0, 0.05) is 5.56 Å². The molecule has 0 bridgehead atoms. The number of H-pyrrole nitrogens is 1. The third-order valence-corrected chi connectivity index (χ3v) is 5.75. The lowest BCUT2D eigenvalue weighted by molar-refractivity contribution is 0.379. The minimum absolute atomic E-state index is 0.0496. The smallest absolute Gasteiger partial charge is 0.244 e. The molecule has 0 aliphatic carbocycles. The SMILES string of the molecule is COc1ccc(OC)c(-c2[nH]nc3c2[C@H](c2cccc4ccccc24)C(C#N)=C(N)O3)c1. The lowest BCUT2D eigenvalue weighted by Gasteiger charge is -2.25. The second kappa shape index (κ2) is 7.67. The van der Waals surface area contributed by atoms with Crippen molar-refractivity contribution in [1.29, 1.82) is 5.26 Å². The Labute approximate surface area is 184 Å². The number of hydrogen-bond donors (Lipinski definition) is 2. The number of methoxy groups -OCH3 is 2. The number of allylic oxidation sites excluding steroid dienone is 1. The van der Waals surface area contributed by atoms with Gasteiger partial charge >= 0.3 is 0 Å². The summed E-state index contributed by atoms with van der Waals surface area (Å²) < 4.78 is 16.8. The Morgan fingerprint density at radius 2 is 1.88 bits per heavy atom. The first kappa shape index (κ1) is 19.5. The molecule has 0 fully saturated rings. The quantitative estimate of drug-likeness (QED) is 0.501. The number of aromatic nitrogens is 2. The van der Waals surface area contributed by atoms with Crippen molar-refractivity contribution in [2.24, 2.45) is 5.73 Å². The molecule has 158 valence electrons. The lowest BCUT2D eigenvalue weighted by Crippen LogP contribution is -2.21. The summed E-state index contributed by atoms with van der Waals surface area (Å²) in [5.41, 5.74) is 9.57. The van der Waals surface area contributed by atoms with Crippen LogP contribution >= 0.6 is 0 Å². The highest BCUT2D eigenvalue weighted by Crippen LogP contribution is 2.48. The van der Waals surface area contributed by atoms with E-state index in [0.29, 0.717) is 28.6 Å². The average molecular weight is 424 g/mol. The molecule has 5 rings (SSSR count). The fraction of sp³-hybridized carbons (Fsp3) is 0.120. The Balaban J connectivity index is 1.82.